The van der Waals surface area contributed by atoms with Gasteiger partial charge in [0.1, 0.15) is 0 Å². The van der Waals surface area contributed by atoms with E-state index in [9.17, 15) is 0 Å². The van der Waals surface area contributed by atoms with Crippen LogP contribution in [0.2, 0.25) is 39.3 Å². The fraction of sp³-hybridized carbons (Fsp3) is 0.500. The molecule has 0 amide bonds. The maximum atomic E-state index is 7.50. The Morgan fingerprint density at radius 3 is 1.17 bits per heavy atom. The molecule has 0 N–H and O–H groups in total. The molecule has 0 radical (unpaired) electrons. The van der Waals surface area contributed by atoms with E-state index >= 15 is 0 Å². The Bertz CT molecular complexity index is 477. The van der Waals surface area contributed by atoms with Gasteiger partial charge in [0.25, 0.3) is 0 Å². The normalized spacial score (nSPS) is 20.7. The van der Waals surface area contributed by atoms with E-state index in [1.165, 1.54) is 6.42 Å². The summed E-state index contributed by atoms with van der Waals surface area (Å²) in [4.78, 5) is 0. The number of allylic oxidation sites excluding steroid dienone is 6. The zero-order chi connectivity index (χ0) is 18.8. The Hall–Kier alpha value is -0.594. The van der Waals surface area contributed by atoms with Gasteiger partial charge in [-0.1, -0.05) is 74.0 Å². The molecule has 130 valence electrons. The topological polar surface area (TPSA) is 59.7 Å². The Morgan fingerprint density at radius 1 is 0.708 bits per heavy atom. The zero-order valence-corrected chi connectivity index (χ0v) is 18.6. The van der Waals surface area contributed by atoms with Crippen molar-refractivity contribution in [3.63, 3.8) is 0 Å². The molecule has 0 aliphatic heterocycles. The van der Waals surface area contributed by atoms with Gasteiger partial charge in [-0.05, 0) is 18.3 Å². The number of rotatable bonds is 2. The van der Waals surface area contributed by atoms with Gasteiger partial charge in [0.2, 0.25) is 0 Å². The molecule has 0 saturated heterocycles. The Morgan fingerprint density at radius 2 is 0.958 bits per heavy atom. The standard InChI is InChI=1S/C15H26Si2.3CO.Cr/c1-16(2,3)14-12-9-7-8-10-13(11-12)15(14)17(4,5)6;3*1-2;/h7-10,12-13H,11H2,1-6H3;;;;/t12-,13+;;;;. The van der Waals surface area contributed by atoms with E-state index in [0.717, 1.165) is 11.8 Å². The van der Waals surface area contributed by atoms with E-state index in [1.807, 2.05) is 10.4 Å². The Kier molecular flexibility index (Phi) is 15.0. The van der Waals surface area contributed by atoms with Crippen LogP contribution >= 0.6 is 0 Å². The van der Waals surface area contributed by atoms with E-state index in [0.29, 0.717) is 0 Å². The fourth-order valence-electron chi connectivity index (χ4n) is 3.58. The van der Waals surface area contributed by atoms with Gasteiger partial charge in [0, 0.05) is 17.4 Å². The van der Waals surface area contributed by atoms with Crippen molar-refractivity contribution in [3.05, 3.63) is 54.6 Å². The summed E-state index contributed by atoms with van der Waals surface area (Å²) in [6, 6.07) is 0. The van der Waals surface area contributed by atoms with Crippen molar-refractivity contribution in [1.29, 1.82) is 0 Å². The van der Waals surface area contributed by atoms with Crippen molar-refractivity contribution >= 4 is 16.1 Å². The van der Waals surface area contributed by atoms with Crippen molar-refractivity contribution in [3.8, 4) is 0 Å². The molecule has 0 unspecified atom stereocenters. The van der Waals surface area contributed by atoms with Crippen molar-refractivity contribution in [2.75, 3.05) is 0 Å². The SMILES string of the molecule is C[Si](C)(C)C1=C([Si](C)(C)C)[C@H]2C=CC=C[C@@H]1C2.[C-]#[O+].[C-]#[O+].[C-]#[O+].[Cr]. The maximum Gasteiger partial charge on any atom is 0 e. The quantitative estimate of drug-likeness (QED) is 0.368. The summed E-state index contributed by atoms with van der Waals surface area (Å²) in [5.41, 5.74) is 0. The number of fused-ring (bicyclic) bond motifs is 2. The van der Waals surface area contributed by atoms with Crippen molar-refractivity contribution < 1.29 is 31.3 Å². The molecule has 3 nitrogen and oxygen atoms in total. The largest absolute Gasteiger partial charge is 0 e. The van der Waals surface area contributed by atoms with Gasteiger partial charge in [-0.15, -0.1) is 0 Å². The van der Waals surface area contributed by atoms with Crippen LogP contribution in [0.4, 0.5) is 0 Å². The van der Waals surface area contributed by atoms with Gasteiger partial charge in [-0.2, -0.15) is 0 Å². The minimum Gasteiger partial charge on any atom is 0 e. The van der Waals surface area contributed by atoms with Gasteiger partial charge in [-0.3, -0.25) is 0 Å². The van der Waals surface area contributed by atoms with Crippen molar-refractivity contribution in [1.82, 2.24) is 0 Å². The molecule has 0 aromatic carbocycles. The smallest absolute Gasteiger partial charge is 0 e. The van der Waals surface area contributed by atoms with Crippen LogP contribution in [0, 0.1) is 31.8 Å². The van der Waals surface area contributed by atoms with E-state index in [2.05, 4.69) is 83.5 Å². The molecule has 0 aromatic rings. The van der Waals surface area contributed by atoms with Crippen molar-refractivity contribution in [2.24, 2.45) is 11.8 Å². The van der Waals surface area contributed by atoms with E-state index in [1.54, 1.807) is 0 Å². The van der Waals surface area contributed by atoms with Crippen LogP contribution < -0.4 is 0 Å². The summed E-state index contributed by atoms with van der Waals surface area (Å²) in [7, 11) is -2.35. The molecule has 2 atom stereocenters. The molecule has 2 rings (SSSR count). The van der Waals surface area contributed by atoms with Gasteiger partial charge >= 0.3 is 33.9 Å². The first kappa shape index (κ1) is 28.2. The average Bonchev–Trinajstić information content (AvgIpc) is 2.71. The third-order valence-electron chi connectivity index (χ3n) is 3.95. The first-order chi connectivity index (χ1) is 10.7. The minimum absolute atomic E-state index is 0. The van der Waals surface area contributed by atoms with E-state index in [4.69, 9.17) is 14.0 Å². The molecule has 6 heteroatoms. The molecule has 2 aliphatic rings. The molecule has 0 aromatic heterocycles. The molecule has 0 fully saturated rings. The average molecular weight is 399 g/mol. The first-order valence-corrected chi connectivity index (χ1v) is 14.4. The van der Waals surface area contributed by atoms with Crippen LogP contribution in [-0.4, -0.2) is 16.1 Å². The Balaban J connectivity index is -0.000000569. The van der Waals surface area contributed by atoms with Crippen LogP contribution in [0.3, 0.4) is 0 Å². The molecule has 0 saturated carbocycles. The molecule has 24 heavy (non-hydrogen) atoms. The maximum absolute atomic E-state index is 7.50. The van der Waals surface area contributed by atoms with Crippen LogP contribution in [-0.2, 0) is 31.3 Å². The summed E-state index contributed by atoms with van der Waals surface area (Å²) in [5.74, 6) is 1.51. The Labute approximate surface area is 159 Å². The fourth-order valence-corrected chi connectivity index (χ4v) is 10.5. The molecular formula is C18H26CrO3Si2. The molecule has 0 heterocycles. The molecular weight excluding hydrogens is 372 g/mol. The van der Waals surface area contributed by atoms with Crippen LogP contribution in [0.25, 0.3) is 0 Å². The molecule has 2 bridgehead atoms. The second-order valence-electron chi connectivity index (χ2n) is 7.55. The molecule has 2 aliphatic carbocycles. The second kappa shape index (κ2) is 12.7. The number of hydrogen-bond donors (Lipinski definition) is 0. The summed E-state index contributed by atoms with van der Waals surface area (Å²) in [6.07, 6.45) is 10.8. The molecule has 0 spiro atoms. The second-order valence-corrected chi connectivity index (χ2v) is 17.6. The first-order valence-electron chi connectivity index (χ1n) is 7.42. The predicted molar refractivity (Wildman–Crippen MR) is 95.4 cm³/mol. The van der Waals surface area contributed by atoms with Gasteiger partial charge in [-0.25, -0.2) is 0 Å². The van der Waals surface area contributed by atoms with E-state index in [-0.39, 0.29) is 17.4 Å². The van der Waals surface area contributed by atoms with Crippen LogP contribution in [0.5, 0.6) is 0 Å². The van der Waals surface area contributed by atoms with Gasteiger partial charge in [0.05, 0.1) is 16.1 Å². The monoisotopic (exact) mass is 398 g/mol. The summed E-state index contributed by atoms with van der Waals surface area (Å²) < 4.78 is 22.5. The number of hydrogen-bond acceptors (Lipinski definition) is 0. The third-order valence-corrected chi connectivity index (χ3v) is 8.72. The predicted octanol–water partition coefficient (Wildman–Crippen LogP) is 4.68. The zero-order valence-electron chi connectivity index (χ0n) is 15.3. The summed E-state index contributed by atoms with van der Waals surface area (Å²) in [6.45, 7) is 28.6. The van der Waals surface area contributed by atoms with E-state index < -0.39 is 16.1 Å². The van der Waals surface area contributed by atoms with Gasteiger partial charge in [0.15, 0.2) is 0 Å². The summed E-state index contributed by atoms with van der Waals surface area (Å²) in [5, 5.41) is 3.78. The summed E-state index contributed by atoms with van der Waals surface area (Å²) >= 11 is 0. The van der Waals surface area contributed by atoms with Crippen LogP contribution in [0.15, 0.2) is 34.7 Å². The van der Waals surface area contributed by atoms with Crippen LogP contribution in [0.1, 0.15) is 6.42 Å². The third kappa shape index (κ3) is 7.53. The minimum atomic E-state index is -1.18. The van der Waals surface area contributed by atoms with Gasteiger partial charge < -0.3 is 0 Å². The van der Waals surface area contributed by atoms with Crippen molar-refractivity contribution in [2.45, 2.75) is 45.7 Å².